The molecule has 2 saturated heterocycles. The summed E-state index contributed by atoms with van der Waals surface area (Å²) in [5.41, 5.74) is 0.728. The van der Waals surface area contributed by atoms with Gasteiger partial charge in [-0.1, -0.05) is 50.8 Å². The van der Waals surface area contributed by atoms with Crippen molar-refractivity contribution in [1.29, 1.82) is 0 Å². The van der Waals surface area contributed by atoms with E-state index in [2.05, 4.69) is 11.8 Å². The van der Waals surface area contributed by atoms with Crippen LogP contribution in [0.15, 0.2) is 30.3 Å². The van der Waals surface area contributed by atoms with Gasteiger partial charge in [0.15, 0.2) is 0 Å². The van der Waals surface area contributed by atoms with E-state index in [1.165, 1.54) is 16.7 Å². The molecule has 4 nitrogen and oxygen atoms in total. The van der Waals surface area contributed by atoms with Crippen molar-refractivity contribution in [2.75, 3.05) is 6.61 Å². The van der Waals surface area contributed by atoms with E-state index in [0.29, 0.717) is 0 Å². The predicted molar refractivity (Wildman–Crippen MR) is 89.9 cm³/mol. The third kappa shape index (κ3) is 3.37. The van der Waals surface area contributed by atoms with Crippen molar-refractivity contribution in [2.45, 2.75) is 37.3 Å². The molecule has 0 N–H and O–H groups in total. The van der Waals surface area contributed by atoms with E-state index in [-0.39, 0.29) is 34.5 Å². The number of thioether (sulfide) groups is 1. The van der Waals surface area contributed by atoms with Gasteiger partial charge in [0.2, 0.25) is 5.91 Å². The Balaban J connectivity index is 1.68. The lowest BCUT2D eigenvalue weighted by Gasteiger charge is -2.30. The number of hydrogen-bond acceptors (Lipinski definition) is 4. The molecule has 0 unspecified atom stereocenters. The fourth-order valence-electron chi connectivity index (χ4n) is 2.53. The molecule has 23 heavy (non-hydrogen) atoms. The monoisotopic (exact) mass is 329 g/mol. The Labute approximate surface area is 140 Å². The van der Waals surface area contributed by atoms with E-state index >= 15 is 0 Å². The second-order valence-electron chi connectivity index (χ2n) is 6.78. The molecule has 0 spiro atoms. The molecule has 2 fully saturated rings. The lowest BCUT2D eigenvalue weighted by Crippen LogP contribution is -2.47. The number of ether oxygens (including phenoxy) is 1. The van der Waals surface area contributed by atoms with Crippen LogP contribution in [0, 0.1) is 17.3 Å². The Kier molecular flexibility index (Phi) is 4.11. The van der Waals surface area contributed by atoms with Gasteiger partial charge in [0.25, 0.3) is 0 Å². The van der Waals surface area contributed by atoms with Crippen LogP contribution in [-0.2, 0) is 9.53 Å². The summed E-state index contributed by atoms with van der Waals surface area (Å²) in [6.45, 7) is 6.29. The quantitative estimate of drug-likeness (QED) is 0.587. The summed E-state index contributed by atoms with van der Waals surface area (Å²) in [6.07, 6.45) is -0.530. The number of rotatable bonds is 1. The zero-order valence-corrected chi connectivity index (χ0v) is 14.2. The first-order chi connectivity index (χ1) is 10.9. The maximum Gasteiger partial charge on any atom is 0.417 e. The molecule has 1 aromatic rings. The van der Waals surface area contributed by atoms with E-state index in [1.54, 1.807) is 0 Å². The standard InChI is InChI=1S/C18H19NO3S/c1-18(2,3)14-11-22-17(21)19(14)16(20)15-13(23-15)10-9-12-7-5-4-6-8-12/h4-8,13-15H,11H2,1-3H3/t13-,14-,15-/m1/s1. The maximum atomic E-state index is 12.6. The molecule has 2 heterocycles. The number of amides is 2. The van der Waals surface area contributed by atoms with Crippen LogP contribution >= 0.6 is 11.8 Å². The van der Waals surface area contributed by atoms with Crippen molar-refractivity contribution in [3.8, 4) is 11.8 Å². The first kappa shape index (κ1) is 15.9. The van der Waals surface area contributed by atoms with Crippen molar-refractivity contribution in [1.82, 2.24) is 4.90 Å². The lowest BCUT2D eigenvalue weighted by molar-refractivity contribution is -0.129. The zero-order valence-electron chi connectivity index (χ0n) is 13.4. The molecule has 0 radical (unpaired) electrons. The molecule has 2 aliphatic heterocycles. The average Bonchev–Trinajstić information content (AvgIpc) is 3.18. The number of nitrogens with zero attached hydrogens (tertiary/aromatic N) is 1. The van der Waals surface area contributed by atoms with Crippen LogP contribution in [0.2, 0.25) is 0 Å². The van der Waals surface area contributed by atoms with Crippen LogP contribution in [0.4, 0.5) is 4.79 Å². The summed E-state index contributed by atoms with van der Waals surface area (Å²) < 4.78 is 5.09. The molecule has 5 heteroatoms. The molecule has 3 rings (SSSR count). The number of carbonyl (C=O) groups excluding carboxylic acids is 2. The van der Waals surface area contributed by atoms with Crippen LogP contribution in [-0.4, -0.2) is 40.0 Å². The van der Waals surface area contributed by atoms with Gasteiger partial charge in [-0.3, -0.25) is 4.79 Å². The number of benzene rings is 1. The van der Waals surface area contributed by atoms with Crippen molar-refractivity contribution in [3.63, 3.8) is 0 Å². The fourth-order valence-corrected chi connectivity index (χ4v) is 3.29. The van der Waals surface area contributed by atoms with Gasteiger partial charge in [0.05, 0.1) is 11.3 Å². The second-order valence-corrected chi connectivity index (χ2v) is 8.07. The largest absolute Gasteiger partial charge is 0.447 e. The van der Waals surface area contributed by atoms with Gasteiger partial charge in [-0.25, -0.2) is 9.69 Å². The summed E-state index contributed by atoms with van der Waals surface area (Å²) in [7, 11) is 0. The third-order valence-corrected chi connectivity index (χ3v) is 5.11. The Morgan fingerprint density at radius 3 is 2.65 bits per heavy atom. The number of carbonyl (C=O) groups is 2. The smallest absolute Gasteiger partial charge is 0.417 e. The molecule has 0 bridgehead atoms. The van der Waals surface area contributed by atoms with Gasteiger partial charge in [0.1, 0.15) is 11.9 Å². The van der Waals surface area contributed by atoms with E-state index in [1.807, 2.05) is 51.1 Å². The van der Waals surface area contributed by atoms with E-state index < -0.39 is 6.09 Å². The van der Waals surface area contributed by atoms with Gasteiger partial charge < -0.3 is 4.74 Å². The summed E-state index contributed by atoms with van der Waals surface area (Å²) in [6, 6.07) is 9.46. The Hall–Kier alpha value is -1.93. The Morgan fingerprint density at radius 1 is 1.30 bits per heavy atom. The van der Waals surface area contributed by atoms with Gasteiger partial charge in [-0.2, -0.15) is 0 Å². The molecule has 0 saturated carbocycles. The van der Waals surface area contributed by atoms with E-state index in [0.717, 1.165) is 5.56 Å². The highest BCUT2D eigenvalue weighted by Crippen LogP contribution is 2.44. The summed E-state index contributed by atoms with van der Waals surface area (Å²) in [4.78, 5) is 25.9. The molecular weight excluding hydrogens is 310 g/mol. The van der Waals surface area contributed by atoms with E-state index in [4.69, 9.17) is 4.74 Å². The van der Waals surface area contributed by atoms with E-state index in [9.17, 15) is 9.59 Å². The van der Waals surface area contributed by atoms with Crippen LogP contribution in [0.3, 0.4) is 0 Å². The Bertz CT molecular complexity index is 684. The fraction of sp³-hybridized carbons (Fsp3) is 0.444. The highest BCUT2D eigenvalue weighted by molar-refractivity contribution is 8.08. The first-order valence-electron chi connectivity index (χ1n) is 7.60. The van der Waals surface area contributed by atoms with Crippen LogP contribution in [0.25, 0.3) is 0 Å². The van der Waals surface area contributed by atoms with Gasteiger partial charge >= 0.3 is 6.09 Å². The molecular formula is C18H19NO3S. The van der Waals surface area contributed by atoms with Crippen molar-refractivity contribution in [2.24, 2.45) is 5.41 Å². The summed E-state index contributed by atoms with van der Waals surface area (Å²) >= 11 is 1.49. The normalized spacial score (nSPS) is 26.3. The van der Waals surface area contributed by atoms with Crippen molar-refractivity contribution >= 4 is 23.8 Å². The molecule has 3 atom stereocenters. The minimum Gasteiger partial charge on any atom is -0.447 e. The minimum absolute atomic E-state index is 0.0447. The highest BCUT2D eigenvalue weighted by Gasteiger charge is 2.52. The van der Waals surface area contributed by atoms with Crippen LogP contribution < -0.4 is 0 Å². The second kappa shape index (κ2) is 5.93. The highest BCUT2D eigenvalue weighted by atomic mass is 32.2. The summed E-state index contributed by atoms with van der Waals surface area (Å²) in [5, 5.41) is -0.307. The molecule has 0 aromatic heterocycles. The Morgan fingerprint density at radius 2 is 2.00 bits per heavy atom. The van der Waals surface area contributed by atoms with Gasteiger partial charge in [-0.15, -0.1) is 11.8 Å². The van der Waals surface area contributed by atoms with Crippen molar-refractivity contribution < 1.29 is 14.3 Å². The summed E-state index contributed by atoms with van der Waals surface area (Å²) in [5.74, 6) is 6.01. The SMILES string of the molecule is CC(C)(C)[C@H]1COC(=O)N1C(=O)[C@@H]1S[C@@H]1C#Cc1ccccc1. The topological polar surface area (TPSA) is 46.6 Å². The van der Waals surface area contributed by atoms with Crippen LogP contribution in [0.1, 0.15) is 26.3 Å². The molecule has 2 aliphatic rings. The number of hydrogen-bond donors (Lipinski definition) is 0. The molecule has 2 amide bonds. The molecule has 120 valence electrons. The van der Waals surface area contributed by atoms with Crippen molar-refractivity contribution in [3.05, 3.63) is 35.9 Å². The molecule has 0 aliphatic carbocycles. The predicted octanol–water partition coefficient (Wildman–Crippen LogP) is 2.92. The third-order valence-electron chi connectivity index (χ3n) is 3.98. The molecule has 1 aromatic carbocycles. The lowest BCUT2D eigenvalue weighted by atomic mass is 9.86. The van der Waals surface area contributed by atoms with Gasteiger partial charge in [-0.05, 0) is 17.5 Å². The number of imide groups is 1. The maximum absolute atomic E-state index is 12.6. The number of cyclic esters (lactones) is 1. The zero-order chi connectivity index (χ0) is 16.6. The first-order valence-corrected chi connectivity index (χ1v) is 8.54. The average molecular weight is 329 g/mol. The van der Waals surface area contributed by atoms with Crippen LogP contribution in [0.5, 0.6) is 0 Å². The van der Waals surface area contributed by atoms with Gasteiger partial charge in [0, 0.05) is 5.56 Å². The minimum atomic E-state index is -0.530.